The second-order valence-electron chi connectivity index (χ2n) is 7.90. The fraction of sp³-hybridized carbons (Fsp3) is 0.208. The number of anilines is 2. The minimum absolute atomic E-state index is 0.0112. The lowest BCUT2D eigenvalue weighted by molar-refractivity contribution is 0.354. The zero-order valence-electron chi connectivity index (χ0n) is 19.6. The average Bonchev–Trinajstić information content (AvgIpc) is 3.43. The van der Waals surface area contributed by atoms with Gasteiger partial charge in [-0.1, -0.05) is 23.4 Å². The van der Waals surface area contributed by atoms with E-state index in [0.29, 0.717) is 34.5 Å². The zero-order chi connectivity index (χ0) is 24.5. The van der Waals surface area contributed by atoms with Gasteiger partial charge < -0.3 is 19.3 Å². The number of methoxy groups -OCH3 is 2. The summed E-state index contributed by atoms with van der Waals surface area (Å²) in [5.74, 6) is 1.93. The van der Waals surface area contributed by atoms with Gasteiger partial charge in [0.25, 0.3) is 0 Å². The number of benzene rings is 2. The minimum Gasteiger partial charge on any atom is -0.493 e. The lowest BCUT2D eigenvalue weighted by atomic mass is 10.1. The van der Waals surface area contributed by atoms with Crippen LogP contribution in [0.25, 0.3) is 17.0 Å². The molecule has 0 fully saturated rings. The van der Waals surface area contributed by atoms with E-state index >= 15 is 0 Å². The molecule has 0 aliphatic heterocycles. The summed E-state index contributed by atoms with van der Waals surface area (Å²) in [6, 6.07) is 14.9. The Morgan fingerprint density at radius 1 is 1.03 bits per heavy atom. The maximum absolute atomic E-state index is 13.2. The average molecular weight is 473 g/mol. The van der Waals surface area contributed by atoms with Gasteiger partial charge >= 0.3 is 5.69 Å². The van der Waals surface area contributed by atoms with Crippen LogP contribution in [0.5, 0.6) is 11.5 Å². The van der Waals surface area contributed by atoms with Gasteiger partial charge in [-0.2, -0.15) is 4.98 Å². The van der Waals surface area contributed by atoms with Crippen molar-refractivity contribution >= 4 is 17.3 Å². The van der Waals surface area contributed by atoms with Crippen LogP contribution in [0.15, 0.2) is 57.8 Å². The van der Waals surface area contributed by atoms with Gasteiger partial charge in [-0.15, -0.1) is 5.10 Å². The quantitative estimate of drug-likeness (QED) is 0.379. The number of nitrogens with zero attached hydrogens (tertiary/aromatic N) is 6. The van der Waals surface area contributed by atoms with Crippen molar-refractivity contribution in [1.82, 2.24) is 29.3 Å². The van der Waals surface area contributed by atoms with Crippen LogP contribution in [-0.4, -0.2) is 43.5 Å². The predicted molar refractivity (Wildman–Crippen MR) is 128 cm³/mol. The first-order valence-electron chi connectivity index (χ1n) is 10.8. The van der Waals surface area contributed by atoms with Gasteiger partial charge in [-0.25, -0.2) is 18.9 Å². The van der Waals surface area contributed by atoms with E-state index in [1.54, 1.807) is 31.4 Å². The standard InChI is InChI=1S/C24H23N7O4/c1-14-7-5-8-16(11-14)26-23-25-15(2)12-19-28-30(24(32)31(19)23)13-20-27-22(29-35-20)17-9-6-10-18(33-3)21(17)34-4/h5-12H,13H2,1-4H3,(H,25,26). The van der Waals surface area contributed by atoms with Gasteiger partial charge in [0.2, 0.25) is 17.7 Å². The highest BCUT2D eigenvalue weighted by Crippen LogP contribution is 2.36. The van der Waals surface area contributed by atoms with Crippen LogP contribution in [-0.2, 0) is 6.54 Å². The first kappa shape index (κ1) is 22.1. The summed E-state index contributed by atoms with van der Waals surface area (Å²) < 4.78 is 18.9. The maximum Gasteiger partial charge on any atom is 0.353 e. The van der Waals surface area contributed by atoms with E-state index in [1.807, 2.05) is 38.1 Å². The molecular weight excluding hydrogens is 450 g/mol. The molecule has 11 heteroatoms. The molecule has 0 unspecified atom stereocenters. The van der Waals surface area contributed by atoms with Gasteiger partial charge in [-0.05, 0) is 43.7 Å². The second kappa shape index (κ2) is 8.93. The molecule has 3 heterocycles. The first-order valence-corrected chi connectivity index (χ1v) is 10.8. The van der Waals surface area contributed by atoms with Crippen molar-refractivity contribution in [3.05, 3.63) is 76.2 Å². The summed E-state index contributed by atoms with van der Waals surface area (Å²) in [4.78, 5) is 22.2. The van der Waals surface area contributed by atoms with E-state index < -0.39 is 0 Å². The molecule has 3 aromatic heterocycles. The maximum atomic E-state index is 13.2. The van der Waals surface area contributed by atoms with Gasteiger partial charge in [0.15, 0.2) is 17.1 Å². The van der Waals surface area contributed by atoms with E-state index in [1.165, 1.54) is 16.2 Å². The molecule has 1 N–H and O–H groups in total. The summed E-state index contributed by atoms with van der Waals surface area (Å²) >= 11 is 0. The summed E-state index contributed by atoms with van der Waals surface area (Å²) in [6.45, 7) is 3.83. The van der Waals surface area contributed by atoms with Gasteiger partial charge in [0.1, 0.15) is 6.54 Å². The fourth-order valence-corrected chi connectivity index (χ4v) is 3.81. The monoisotopic (exact) mass is 473 g/mol. The summed E-state index contributed by atoms with van der Waals surface area (Å²) in [5.41, 5.74) is 3.29. The number of ether oxygens (including phenoxy) is 2. The number of hydrogen-bond donors (Lipinski definition) is 1. The molecule has 0 atom stereocenters. The Balaban J connectivity index is 1.49. The largest absolute Gasteiger partial charge is 0.493 e. The lowest BCUT2D eigenvalue weighted by Gasteiger charge is -2.09. The molecule has 0 radical (unpaired) electrons. The Morgan fingerprint density at radius 2 is 1.86 bits per heavy atom. The Hall–Kier alpha value is -4.67. The molecule has 0 spiro atoms. The van der Waals surface area contributed by atoms with Crippen LogP contribution in [0.4, 0.5) is 11.6 Å². The van der Waals surface area contributed by atoms with Crippen molar-refractivity contribution in [2.45, 2.75) is 20.4 Å². The lowest BCUT2D eigenvalue weighted by Crippen LogP contribution is -2.23. The Morgan fingerprint density at radius 3 is 2.63 bits per heavy atom. The number of rotatable bonds is 7. The highest BCUT2D eigenvalue weighted by atomic mass is 16.5. The highest BCUT2D eigenvalue weighted by molar-refractivity contribution is 5.68. The van der Waals surface area contributed by atoms with Gasteiger partial charge in [-0.3, -0.25) is 0 Å². The molecule has 0 saturated heterocycles. The van der Waals surface area contributed by atoms with Crippen molar-refractivity contribution < 1.29 is 14.0 Å². The molecule has 0 aliphatic carbocycles. The highest BCUT2D eigenvalue weighted by Gasteiger charge is 2.19. The van der Waals surface area contributed by atoms with Crippen LogP contribution in [0.3, 0.4) is 0 Å². The molecule has 2 aromatic carbocycles. The molecule has 5 rings (SSSR count). The molecule has 178 valence electrons. The topological polar surface area (TPSA) is 122 Å². The minimum atomic E-state index is -0.388. The van der Waals surface area contributed by atoms with E-state index in [0.717, 1.165) is 16.9 Å². The summed E-state index contributed by atoms with van der Waals surface area (Å²) in [6.07, 6.45) is 0. The third kappa shape index (κ3) is 4.19. The van der Waals surface area contributed by atoms with E-state index in [4.69, 9.17) is 14.0 Å². The number of fused-ring (bicyclic) bond motifs is 1. The van der Waals surface area contributed by atoms with Crippen molar-refractivity contribution in [1.29, 1.82) is 0 Å². The Bertz CT molecular complexity index is 1580. The summed E-state index contributed by atoms with van der Waals surface area (Å²) in [7, 11) is 3.09. The van der Waals surface area contributed by atoms with Crippen molar-refractivity contribution in [2.24, 2.45) is 0 Å². The number of para-hydroxylation sites is 1. The Kier molecular flexibility index (Phi) is 5.65. The van der Waals surface area contributed by atoms with E-state index in [9.17, 15) is 4.79 Å². The summed E-state index contributed by atoms with van der Waals surface area (Å²) in [5, 5.41) is 11.7. The molecule has 0 bridgehead atoms. The molecule has 0 saturated carbocycles. The van der Waals surface area contributed by atoms with Crippen molar-refractivity contribution in [2.75, 3.05) is 19.5 Å². The van der Waals surface area contributed by atoms with Gasteiger partial charge in [0, 0.05) is 17.4 Å². The van der Waals surface area contributed by atoms with Crippen LogP contribution in [0.2, 0.25) is 0 Å². The molecule has 35 heavy (non-hydrogen) atoms. The molecule has 11 nitrogen and oxygen atoms in total. The number of nitrogens with one attached hydrogen (secondary N) is 1. The fourth-order valence-electron chi connectivity index (χ4n) is 3.81. The van der Waals surface area contributed by atoms with Crippen molar-refractivity contribution in [3.63, 3.8) is 0 Å². The normalized spacial score (nSPS) is 11.1. The molecule has 0 amide bonds. The molecule has 5 aromatic rings. The number of hydrogen-bond acceptors (Lipinski definition) is 9. The molecule has 0 aliphatic rings. The third-order valence-corrected chi connectivity index (χ3v) is 5.37. The molecular formula is C24H23N7O4. The van der Waals surface area contributed by atoms with E-state index in [-0.39, 0.29) is 18.1 Å². The number of aryl methyl sites for hydroxylation is 2. The van der Waals surface area contributed by atoms with Crippen LogP contribution >= 0.6 is 0 Å². The number of aromatic nitrogens is 6. The third-order valence-electron chi connectivity index (χ3n) is 5.37. The van der Waals surface area contributed by atoms with Crippen LogP contribution in [0, 0.1) is 13.8 Å². The Labute approximate surface area is 200 Å². The zero-order valence-corrected chi connectivity index (χ0v) is 19.6. The van der Waals surface area contributed by atoms with E-state index in [2.05, 4.69) is 25.5 Å². The van der Waals surface area contributed by atoms with Gasteiger partial charge in [0.05, 0.1) is 19.8 Å². The van der Waals surface area contributed by atoms with Crippen molar-refractivity contribution in [3.8, 4) is 22.9 Å². The van der Waals surface area contributed by atoms with Crippen LogP contribution < -0.4 is 20.5 Å². The smallest absolute Gasteiger partial charge is 0.353 e. The SMILES string of the molecule is COc1cccc(-c2noc(Cn3nc4cc(C)nc(Nc5cccc(C)c5)n4c3=O)n2)c1OC. The first-order chi connectivity index (χ1) is 17.0. The van der Waals surface area contributed by atoms with Crippen LogP contribution in [0.1, 0.15) is 17.1 Å². The second-order valence-corrected chi connectivity index (χ2v) is 7.90. The predicted octanol–water partition coefficient (Wildman–Crippen LogP) is 3.37.